The zero-order chi connectivity index (χ0) is 15.8. The average molecular weight is 296 g/mol. The highest BCUT2D eigenvalue weighted by Gasteiger charge is 2.17. The number of carbonyl (C=O) groups excluding carboxylic acids is 1. The first-order valence-corrected chi connectivity index (χ1v) is 7.42. The molecule has 118 valence electrons. The number of rotatable bonds is 8. The van der Waals surface area contributed by atoms with E-state index < -0.39 is 6.10 Å². The molecule has 1 rings (SSSR count). The quantitative estimate of drug-likeness (QED) is 0.774. The topological polar surface area (TPSA) is 64.3 Å². The van der Waals surface area contributed by atoms with Gasteiger partial charge in [-0.2, -0.15) is 0 Å². The molecule has 0 aromatic heterocycles. The Labute approximate surface area is 125 Å². The first-order chi connectivity index (χ1) is 9.96. The molecule has 0 aliphatic rings. The molecular formula is C16H25FN2O2. The lowest BCUT2D eigenvalue weighted by Gasteiger charge is -2.18. The molecule has 5 heteroatoms. The highest BCUT2D eigenvalue weighted by molar-refractivity contribution is 5.80. The maximum atomic E-state index is 13.5. The molecule has 0 radical (unpaired) electrons. The van der Waals surface area contributed by atoms with Crippen LogP contribution in [-0.4, -0.2) is 24.6 Å². The van der Waals surface area contributed by atoms with E-state index in [4.69, 9.17) is 10.5 Å². The number of hydrogen-bond acceptors (Lipinski definition) is 3. The average Bonchev–Trinajstić information content (AvgIpc) is 2.38. The number of nitrogens with two attached hydrogens (primary N) is 1. The van der Waals surface area contributed by atoms with Crippen molar-refractivity contribution in [3.8, 4) is 5.75 Å². The smallest absolute Gasteiger partial charge is 0.260 e. The highest BCUT2D eigenvalue weighted by atomic mass is 19.1. The largest absolute Gasteiger partial charge is 0.481 e. The molecule has 0 spiro atoms. The van der Waals surface area contributed by atoms with Crippen LogP contribution < -0.4 is 15.8 Å². The van der Waals surface area contributed by atoms with Gasteiger partial charge in [-0.05, 0) is 50.9 Å². The van der Waals surface area contributed by atoms with Gasteiger partial charge in [-0.25, -0.2) is 4.39 Å². The molecule has 2 atom stereocenters. The van der Waals surface area contributed by atoms with Crippen LogP contribution in [0.5, 0.6) is 5.75 Å². The first-order valence-electron chi connectivity index (χ1n) is 7.42. The van der Waals surface area contributed by atoms with Crippen molar-refractivity contribution in [3.63, 3.8) is 0 Å². The summed E-state index contributed by atoms with van der Waals surface area (Å²) >= 11 is 0. The number of hydrogen-bond donors (Lipinski definition) is 2. The normalized spacial score (nSPS) is 13.6. The molecule has 0 aliphatic heterocycles. The minimum absolute atomic E-state index is 0.105. The van der Waals surface area contributed by atoms with Crippen LogP contribution in [0.15, 0.2) is 18.2 Å². The molecule has 3 N–H and O–H groups in total. The van der Waals surface area contributed by atoms with Gasteiger partial charge in [0.15, 0.2) is 6.10 Å². The number of benzene rings is 1. The maximum Gasteiger partial charge on any atom is 0.260 e. The first kappa shape index (κ1) is 17.4. The van der Waals surface area contributed by atoms with Crippen molar-refractivity contribution >= 4 is 5.91 Å². The van der Waals surface area contributed by atoms with Crippen LogP contribution >= 0.6 is 0 Å². The Morgan fingerprint density at radius 2 is 2.10 bits per heavy atom. The lowest BCUT2D eigenvalue weighted by molar-refractivity contribution is -0.127. The number of carbonyl (C=O) groups is 1. The van der Waals surface area contributed by atoms with Crippen molar-refractivity contribution in [3.05, 3.63) is 29.6 Å². The molecule has 1 amide bonds. The van der Waals surface area contributed by atoms with E-state index >= 15 is 0 Å². The summed E-state index contributed by atoms with van der Waals surface area (Å²) in [4.78, 5) is 12.0. The number of halogens is 1. The number of amides is 1. The minimum atomic E-state index is -0.670. The van der Waals surface area contributed by atoms with E-state index in [0.717, 1.165) is 18.4 Å². The van der Waals surface area contributed by atoms with Crippen molar-refractivity contribution in [2.24, 2.45) is 5.73 Å². The Morgan fingerprint density at radius 3 is 2.71 bits per heavy atom. The standard InChI is InChI=1S/C16H25FN2O2/c1-4-5-11(2)19-16(20)12(3)21-15-9-13(6-7-18)8-14(17)10-15/h8-12H,4-7,18H2,1-3H3,(H,19,20). The van der Waals surface area contributed by atoms with Gasteiger partial charge in [0.05, 0.1) is 0 Å². The zero-order valence-electron chi connectivity index (χ0n) is 13.0. The van der Waals surface area contributed by atoms with E-state index in [0.29, 0.717) is 18.7 Å². The van der Waals surface area contributed by atoms with Crippen molar-refractivity contribution in [1.29, 1.82) is 0 Å². The summed E-state index contributed by atoms with van der Waals surface area (Å²) in [6.45, 7) is 6.11. The summed E-state index contributed by atoms with van der Waals surface area (Å²) in [5, 5.41) is 2.88. The molecule has 21 heavy (non-hydrogen) atoms. The molecule has 0 fully saturated rings. The van der Waals surface area contributed by atoms with E-state index in [1.807, 2.05) is 6.92 Å². The second-order valence-corrected chi connectivity index (χ2v) is 5.29. The summed E-state index contributed by atoms with van der Waals surface area (Å²) in [6, 6.07) is 4.52. The van der Waals surface area contributed by atoms with Gasteiger partial charge in [0.1, 0.15) is 11.6 Å². The Hall–Kier alpha value is -1.62. The van der Waals surface area contributed by atoms with Gasteiger partial charge in [-0.3, -0.25) is 4.79 Å². The van der Waals surface area contributed by atoms with E-state index in [2.05, 4.69) is 12.2 Å². The van der Waals surface area contributed by atoms with Crippen molar-refractivity contribution in [2.75, 3.05) is 6.54 Å². The molecular weight excluding hydrogens is 271 g/mol. The van der Waals surface area contributed by atoms with Gasteiger partial charge in [0.25, 0.3) is 5.91 Å². The third-order valence-electron chi connectivity index (χ3n) is 3.16. The summed E-state index contributed by atoms with van der Waals surface area (Å²) in [5.74, 6) is -0.229. The van der Waals surface area contributed by atoms with Gasteiger partial charge in [-0.15, -0.1) is 0 Å². The molecule has 0 heterocycles. The van der Waals surface area contributed by atoms with Crippen molar-refractivity contribution in [1.82, 2.24) is 5.32 Å². The van der Waals surface area contributed by atoms with Gasteiger partial charge in [0.2, 0.25) is 0 Å². The molecule has 0 aliphatic carbocycles. The second-order valence-electron chi connectivity index (χ2n) is 5.29. The van der Waals surface area contributed by atoms with Gasteiger partial charge < -0.3 is 15.8 Å². The van der Waals surface area contributed by atoms with Crippen LogP contribution in [0, 0.1) is 5.82 Å². The van der Waals surface area contributed by atoms with Gasteiger partial charge in [-0.1, -0.05) is 13.3 Å². The molecule has 0 saturated carbocycles. The van der Waals surface area contributed by atoms with Crippen LogP contribution in [0.2, 0.25) is 0 Å². The lowest BCUT2D eigenvalue weighted by atomic mass is 10.1. The summed E-state index contributed by atoms with van der Waals surface area (Å²) in [7, 11) is 0. The predicted molar refractivity (Wildman–Crippen MR) is 81.8 cm³/mol. The fourth-order valence-corrected chi connectivity index (χ4v) is 2.12. The molecule has 0 bridgehead atoms. The van der Waals surface area contributed by atoms with Crippen LogP contribution in [-0.2, 0) is 11.2 Å². The molecule has 1 aromatic carbocycles. The van der Waals surface area contributed by atoms with Crippen molar-refractivity contribution < 1.29 is 13.9 Å². The van der Waals surface area contributed by atoms with Crippen LogP contribution in [0.3, 0.4) is 0 Å². The third-order valence-corrected chi connectivity index (χ3v) is 3.16. The van der Waals surface area contributed by atoms with E-state index in [9.17, 15) is 9.18 Å². The zero-order valence-corrected chi connectivity index (χ0v) is 13.0. The minimum Gasteiger partial charge on any atom is -0.481 e. The van der Waals surface area contributed by atoms with Gasteiger partial charge in [0, 0.05) is 12.1 Å². The highest BCUT2D eigenvalue weighted by Crippen LogP contribution is 2.18. The van der Waals surface area contributed by atoms with Gasteiger partial charge >= 0.3 is 0 Å². The van der Waals surface area contributed by atoms with E-state index in [1.54, 1.807) is 13.0 Å². The molecule has 1 aromatic rings. The summed E-state index contributed by atoms with van der Waals surface area (Å²) in [5.41, 5.74) is 6.23. The SMILES string of the molecule is CCCC(C)NC(=O)C(C)Oc1cc(F)cc(CCN)c1. The monoisotopic (exact) mass is 296 g/mol. The molecule has 2 unspecified atom stereocenters. The second kappa shape index (κ2) is 8.62. The van der Waals surface area contributed by atoms with Crippen LogP contribution in [0.1, 0.15) is 39.2 Å². The third kappa shape index (κ3) is 6.12. The predicted octanol–water partition coefficient (Wildman–Crippen LogP) is 2.40. The summed E-state index contributed by atoms with van der Waals surface area (Å²) in [6.07, 6.45) is 1.82. The Kier molecular flexibility index (Phi) is 7.15. The fourth-order valence-electron chi connectivity index (χ4n) is 2.12. The Morgan fingerprint density at radius 1 is 1.38 bits per heavy atom. The van der Waals surface area contributed by atoms with Crippen LogP contribution in [0.25, 0.3) is 0 Å². The molecule has 4 nitrogen and oxygen atoms in total. The van der Waals surface area contributed by atoms with Crippen molar-refractivity contribution in [2.45, 2.75) is 52.2 Å². The maximum absolute atomic E-state index is 13.5. The molecule has 0 saturated heterocycles. The summed E-state index contributed by atoms with van der Waals surface area (Å²) < 4.78 is 19.0. The van der Waals surface area contributed by atoms with E-state index in [-0.39, 0.29) is 17.8 Å². The number of nitrogens with one attached hydrogen (secondary N) is 1. The van der Waals surface area contributed by atoms with E-state index in [1.165, 1.54) is 12.1 Å². The fraction of sp³-hybridized carbons (Fsp3) is 0.562. The lowest BCUT2D eigenvalue weighted by Crippen LogP contribution is -2.41. The number of ether oxygens (including phenoxy) is 1. The Balaban J connectivity index is 2.65. The van der Waals surface area contributed by atoms with Crippen LogP contribution in [0.4, 0.5) is 4.39 Å². The Bertz CT molecular complexity index is 466.